The standard InChI is InChI=1S/C14H11ClN2O2S/c1-19-13(18)12-6-9-4-2-3-5-11(9)17(12)8-10-7-16-14(15)20-10/h2-7H,8H2,1H3. The molecular formula is C14H11ClN2O2S. The van der Waals surface area contributed by atoms with Crippen LogP contribution in [0, 0.1) is 0 Å². The molecule has 0 atom stereocenters. The molecule has 0 amide bonds. The van der Waals surface area contributed by atoms with Gasteiger partial charge in [0.05, 0.1) is 13.7 Å². The fourth-order valence-corrected chi connectivity index (χ4v) is 3.13. The smallest absolute Gasteiger partial charge is 0.354 e. The highest BCUT2D eigenvalue weighted by Gasteiger charge is 2.16. The van der Waals surface area contributed by atoms with Gasteiger partial charge < -0.3 is 9.30 Å². The SMILES string of the molecule is COC(=O)c1cc2ccccc2n1Cc1cnc(Cl)s1. The Morgan fingerprint density at radius 3 is 2.95 bits per heavy atom. The van der Waals surface area contributed by atoms with Crippen LogP contribution in [0.3, 0.4) is 0 Å². The normalized spacial score (nSPS) is 10.9. The second kappa shape index (κ2) is 5.26. The molecule has 4 nitrogen and oxygen atoms in total. The molecule has 0 aliphatic carbocycles. The first-order valence-corrected chi connectivity index (χ1v) is 7.15. The van der Waals surface area contributed by atoms with E-state index in [4.69, 9.17) is 16.3 Å². The maximum Gasteiger partial charge on any atom is 0.354 e. The number of aromatic nitrogens is 2. The third kappa shape index (κ3) is 2.30. The Morgan fingerprint density at radius 2 is 2.25 bits per heavy atom. The highest BCUT2D eigenvalue weighted by molar-refractivity contribution is 7.15. The summed E-state index contributed by atoms with van der Waals surface area (Å²) in [6.07, 6.45) is 1.73. The number of rotatable bonds is 3. The van der Waals surface area contributed by atoms with E-state index in [1.807, 2.05) is 34.9 Å². The number of hydrogen-bond acceptors (Lipinski definition) is 4. The molecule has 0 spiro atoms. The molecule has 0 fully saturated rings. The molecule has 20 heavy (non-hydrogen) atoms. The van der Waals surface area contributed by atoms with Crippen molar-refractivity contribution in [3.05, 3.63) is 51.6 Å². The van der Waals surface area contributed by atoms with Crippen LogP contribution < -0.4 is 0 Å². The van der Waals surface area contributed by atoms with E-state index in [0.717, 1.165) is 15.8 Å². The molecule has 3 rings (SSSR count). The van der Waals surface area contributed by atoms with Gasteiger partial charge in [-0.1, -0.05) is 29.8 Å². The van der Waals surface area contributed by atoms with Gasteiger partial charge in [-0.25, -0.2) is 9.78 Å². The van der Waals surface area contributed by atoms with Crippen molar-refractivity contribution in [1.29, 1.82) is 0 Å². The predicted octanol–water partition coefficient (Wildman–Crippen LogP) is 3.59. The van der Waals surface area contributed by atoms with Crippen molar-refractivity contribution in [2.75, 3.05) is 7.11 Å². The molecule has 102 valence electrons. The van der Waals surface area contributed by atoms with Crippen LogP contribution in [0.4, 0.5) is 0 Å². The van der Waals surface area contributed by atoms with Crippen LogP contribution in [0.25, 0.3) is 10.9 Å². The Labute approximate surface area is 124 Å². The summed E-state index contributed by atoms with van der Waals surface area (Å²) in [6, 6.07) is 9.67. The van der Waals surface area contributed by atoms with Crippen molar-refractivity contribution < 1.29 is 9.53 Å². The van der Waals surface area contributed by atoms with Gasteiger partial charge in [0, 0.05) is 22.0 Å². The monoisotopic (exact) mass is 306 g/mol. The highest BCUT2D eigenvalue weighted by atomic mass is 35.5. The van der Waals surface area contributed by atoms with Gasteiger partial charge in [0.25, 0.3) is 0 Å². The van der Waals surface area contributed by atoms with Crippen molar-refractivity contribution in [3.63, 3.8) is 0 Å². The van der Waals surface area contributed by atoms with Crippen LogP contribution in [0.1, 0.15) is 15.4 Å². The average Bonchev–Trinajstić information content (AvgIpc) is 3.03. The van der Waals surface area contributed by atoms with Gasteiger partial charge in [-0.3, -0.25) is 0 Å². The minimum absolute atomic E-state index is 0.350. The molecule has 0 bridgehead atoms. The molecule has 0 saturated carbocycles. The summed E-state index contributed by atoms with van der Waals surface area (Å²) in [6.45, 7) is 0.544. The minimum Gasteiger partial charge on any atom is -0.464 e. The molecule has 0 saturated heterocycles. The summed E-state index contributed by atoms with van der Waals surface area (Å²) in [5.41, 5.74) is 1.51. The molecule has 2 aromatic heterocycles. The largest absolute Gasteiger partial charge is 0.464 e. The van der Waals surface area contributed by atoms with Crippen molar-refractivity contribution in [3.8, 4) is 0 Å². The summed E-state index contributed by atoms with van der Waals surface area (Å²) >= 11 is 7.26. The molecule has 0 aliphatic rings. The summed E-state index contributed by atoms with van der Waals surface area (Å²) in [5.74, 6) is -0.350. The Kier molecular flexibility index (Phi) is 3.46. The Morgan fingerprint density at radius 1 is 1.45 bits per heavy atom. The lowest BCUT2D eigenvalue weighted by atomic mass is 10.2. The number of carbonyl (C=O) groups excluding carboxylic acids is 1. The zero-order chi connectivity index (χ0) is 14.1. The van der Waals surface area contributed by atoms with E-state index >= 15 is 0 Å². The summed E-state index contributed by atoms with van der Waals surface area (Å²) < 4.78 is 7.27. The second-order valence-corrected chi connectivity index (χ2v) is 5.94. The lowest BCUT2D eigenvalue weighted by Gasteiger charge is -2.07. The number of thiazole rings is 1. The molecule has 1 aromatic carbocycles. The number of methoxy groups -OCH3 is 1. The van der Waals surface area contributed by atoms with Crippen molar-refractivity contribution in [2.24, 2.45) is 0 Å². The van der Waals surface area contributed by atoms with Gasteiger partial charge in [0.2, 0.25) is 0 Å². The van der Waals surface area contributed by atoms with Gasteiger partial charge in [-0.2, -0.15) is 0 Å². The Balaban J connectivity index is 2.13. The number of halogens is 1. The van der Waals surface area contributed by atoms with Gasteiger partial charge >= 0.3 is 5.97 Å². The lowest BCUT2D eigenvalue weighted by Crippen LogP contribution is -2.10. The third-order valence-corrected chi connectivity index (χ3v) is 4.14. The fourth-order valence-electron chi connectivity index (χ4n) is 2.17. The number of ether oxygens (including phenoxy) is 1. The number of nitrogens with zero attached hydrogens (tertiary/aromatic N) is 2. The van der Waals surface area contributed by atoms with Crippen LogP contribution >= 0.6 is 22.9 Å². The fraction of sp³-hybridized carbons (Fsp3) is 0.143. The maximum absolute atomic E-state index is 11.9. The number of fused-ring (bicyclic) bond motifs is 1. The van der Waals surface area contributed by atoms with Crippen LogP contribution in [-0.4, -0.2) is 22.6 Å². The van der Waals surface area contributed by atoms with E-state index < -0.39 is 0 Å². The summed E-state index contributed by atoms with van der Waals surface area (Å²) in [4.78, 5) is 16.9. The van der Waals surface area contributed by atoms with Gasteiger partial charge in [-0.05, 0) is 12.1 Å². The number of hydrogen-bond donors (Lipinski definition) is 0. The predicted molar refractivity (Wildman–Crippen MR) is 79.5 cm³/mol. The number of esters is 1. The van der Waals surface area contributed by atoms with Crippen molar-refractivity contribution in [1.82, 2.24) is 9.55 Å². The summed E-state index contributed by atoms with van der Waals surface area (Å²) in [7, 11) is 1.38. The highest BCUT2D eigenvalue weighted by Crippen LogP contribution is 2.25. The van der Waals surface area contributed by atoms with E-state index in [0.29, 0.717) is 16.7 Å². The quantitative estimate of drug-likeness (QED) is 0.695. The third-order valence-electron chi connectivity index (χ3n) is 3.04. The Bertz CT molecular complexity index is 778. The molecule has 3 aromatic rings. The minimum atomic E-state index is -0.350. The molecule has 6 heteroatoms. The first-order valence-electron chi connectivity index (χ1n) is 5.96. The lowest BCUT2D eigenvalue weighted by molar-refractivity contribution is 0.0589. The van der Waals surface area contributed by atoms with E-state index in [9.17, 15) is 4.79 Å². The zero-order valence-corrected chi connectivity index (χ0v) is 12.2. The number of carbonyl (C=O) groups is 1. The van der Waals surface area contributed by atoms with E-state index in [2.05, 4.69) is 4.98 Å². The molecule has 0 N–H and O–H groups in total. The Hall–Kier alpha value is -1.85. The van der Waals surface area contributed by atoms with Crippen LogP contribution in [-0.2, 0) is 11.3 Å². The first-order chi connectivity index (χ1) is 9.69. The van der Waals surface area contributed by atoms with E-state index in [-0.39, 0.29) is 5.97 Å². The molecule has 0 aliphatic heterocycles. The molecule has 0 unspecified atom stereocenters. The van der Waals surface area contributed by atoms with Crippen molar-refractivity contribution in [2.45, 2.75) is 6.54 Å². The zero-order valence-electron chi connectivity index (χ0n) is 10.7. The average molecular weight is 307 g/mol. The second-order valence-electron chi connectivity index (χ2n) is 4.25. The van der Waals surface area contributed by atoms with Crippen LogP contribution in [0.2, 0.25) is 4.47 Å². The summed E-state index contributed by atoms with van der Waals surface area (Å²) in [5, 5.41) is 1.00. The van der Waals surface area contributed by atoms with Crippen molar-refractivity contribution >= 4 is 39.8 Å². The molecule has 0 radical (unpaired) electrons. The number of para-hydroxylation sites is 1. The van der Waals surface area contributed by atoms with Gasteiger partial charge in [0.1, 0.15) is 5.69 Å². The topological polar surface area (TPSA) is 44.1 Å². The molecular weight excluding hydrogens is 296 g/mol. The maximum atomic E-state index is 11.9. The molecule has 2 heterocycles. The van der Waals surface area contributed by atoms with Gasteiger partial charge in [0.15, 0.2) is 4.47 Å². The van der Waals surface area contributed by atoms with Crippen LogP contribution in [0.15, 0.2) is 36.5 Å². The number of benzene rings is 1. The van der Waals surface area contributed by atoms with Crippen LogP contribution in [0.5, 0.6) is 0 Å². The first kappa shape index (κ1) is 13.1. The van der Waals surface area contributed by atoms with Gasteiger partial charge in [-0.15, -0.1) is 11.3 Å². The van der Waals surface area contributed by atoms with E-state index in [1.54, 1.807) is 6.20 Å². The van der Waals surface area contributed by atoms with E-state index in [1.165, 1.54) is 18.4 Å².